The molecule has 4 rings (SSSR count). The minimum absolute atomic E-state index is 0.0849. The van der Waals surface area contributed by atoms with Crippen LogP contribution < -0.4 is 10.6 Å². The van der Waals surface area contributed by atoms with Crippen LogP contribution in [0.4, 0.5) is 0 Å². The molecule has 0 aliphatic heterocycles. The molecule has 0 spiro atoms. The second kappa shape index (κ2) is 8.82. The fourth-order valence-corrected chi connectivity index (χ4v) is 3.79. The summed E-state index contributed by atoms with van der Waals surface area (Å²) in [6.07, 6.45) is 5.97. The largest absolute Gasteiger partial charge is 0.465 e. The van der Waals surface area contributed by atoms with E-state index in [9.17, 15) is 9.59 Å². The third-order valence-corrected chi connectivity index (χ3v) is 5.28. The zero-order valence-electron chi connectivity index (χ0n) is 16.9. The van der Waals surface area contributed by atoms with Crippen molar-refractivity contribution in [3.63, 3.8) is 0 Å². The number of carbonyl (C=O) groups is 2. The van der Waals surface area contributed by atoms with Crippen LogP contribution in [-0.2, 0) is 11.2 Å². The van der Waals surface area contributed by atoms with Crippen LogP contribution in [-0.4, -0.2) is 11.8 Å². The highest BCUT2D eigenvalue weighted by Gasteiger charge is 2.24. The summed E-state index contributed by atoms with van der Waals surface area (Å²) < 4.78 is 5.36. The highest BCUT2D eigenvalue weighted by atomic mass is 16.3. The zero-order chi connectivity index (χ0) is 20.9. The Morgan fingerprint density at radius 1 is 1.07 bits per heavy atom. The van der Waals surface area contributed by atoms with Crippen molar-refractivity contribution in [2.24, 2.45) is 0 Å². The molecule has 3 aromatic rings. The van der Waals surface area contributed by atoms with Gasteiger partial charge >= 0.3 is 0 Å². The average molecular weight is 400 g/mol. The Labute approximate surface area is 175 Å². The van der Waals surface area contributed by atoms with Crippen molar-refractivity contribution >= 4 is 17.9 Å². The van der Waals surface area contributed by atoms with Crippen molar-refractivity contribution in [1.29, 1.82) is 0 Å². The number of aryl methyl sites for hydroxylation is 2. The number of nitrogens with one attached hydrogen (secondary N) is 2. The van der Waals surface area contributed by atoms with Gasteiger partial charge in [-0.2, -0.15) is 0 Å². The van der Waals surface area contributed by atoms with Gasteiger partial charge in [-0.05, 0) is 61.6 Å². The van der Waals surface area contributed by atoms with Crippen LogP contribution in [0.1, 0.15) is 51.7 Å². The minimum Gasteiger partial charge on any atom is -0.465 e. The van der Waals surface area contributed by atoms with Gasteiger partial charge in [-0.15, -0.1) is 0 Å². The van der Waals surface area contributed by atoms with E-state index < -0.39 is 0 Å². The molecule has 2 N–H and O–H groups in total. The maximum Gasteiger partial charge on any atom is 0.268 e. The molecule has 152 valence electrons. The average Bonchev–Trinajstić information content (AvgIpc) is 3.26. The first-order chi connectivity index (χ1) is 14.6. The molecule has 0 saturated heterocycles. The van der Waals surface area contributed by atoms with Gasteiger partial charge in [0.05, 0.1) is 12.3 Å². The van der Waals surface area contributed by atoms with Gasteiger partial charge in [0, 0.05) is 11.6 Å². The van der Waals surface area contributed by atoms with Gasteiger partial charge in [0.2, 0.25) is 0 Å². The maximum atomic E-state index is 13.1. The number of amides is 2. The summed E-state index contributed by atoms with van der Waals surface area (Å²) in [4.78, 5) is 25.9. The SMILES string of the molecule is Cc1cccc(C(=O)N/C(=C\c2ccco2)C(=O)NC2CCCc3ccccc32)c1. The predicted octanol–water partition coefficient (Wildman–Crippen LogP) is 4.55. The number of rotatable bonds is 5. The third kappa shape index (κ3) is 4.51. The molecule has 30 heavy (non-hydrogen) atoms. The summed E-state index contributed by atoms with van der Waals surface area (Å²) in [6.45, 7) is 1.92. The molecule has 0 radical (unpaired) electrons. The molecule has 1 heterocycles. The monoisotopic (exact) mass is 400 g/mol. The first kappa shape index (κ1) is 19.7. The van der Waals surface area contributed by atoms with Crippen LogP contribution in [0.15, 0.2) is 77.0 Å². The molecular formula is C25H24N2O3. The van der Waals surface area contributed by atoms with Crippen LogP contribution in [0, 0.1) is 6.92 Å². The second-order valence-corrected chi connectivity index (χ2v) is 7.51. The molecule has 5 heteroatoms. The van der Waals surface area contributed by atoms with Gasteiger partial charge < -0.3 is 15.1 Å². The standard InChI is InChI=1S/C25H24N2O3/c1-17-7-4-10-19(15-17)24(28)27-23(16-20-11-6-14-30-20)25(29)26-22-13-5-9-18-8-2-3-12-21(18)22/h2-4,6-8,10-12,14-16,22H,5,9,13H2,1H3,(H,26,29)(H,27,28)/b23-16-. The molecule has 0 bridgehead atoms. The van der Waals surface area contributed by atoms with Crippen molar-refractivity contribution in [2.45, 2.75) is 32.2 Å². The van der Waals surface area contributed by atoms with E-state index in [0.29, 0.717) is 11.3 Å². The molecule has 1 atom stereocenters. The molecule has 0 fully saturated rings. The van der Waals surface area contributed by atoms with E-state index in [4.69, 9.17) is 4.42 Å². The molecule has 5 nitrogen and oxygen atoms in total. The van der Waals surface area contributed by atoms with Gasteiger partial charge in [-0.25, -0.2) is 0 Å². The van der Waals surface area contributed by atoms with Gasteiger partial charge in [0.15, 0.2) is 0 Å². The fourth-order valence-electron chi connectivity index (χ4n) is 3.79. The Hall–Kier alpha value is -3.60. The van der Waals surface area contributed by atoms with E-state index in [2.05, 4.69) is 22.8 Å². The van der Waals surface area contributed by atoms with Crippen LogP contribution in [0.25, 0.3) is 6.08 Å². The summed E-state index contributed by atoms with van der Waals surface area (Å²) in [6, 6.07) is 18.8. The number of hydrogen-bond donors (Lipinski definition) is 2. The Bertz CT molecular complexity index is 1080. The summed E-state index contributed by atoms with van der Waals surface area (Å²) >= 11 is 0. The van der Waals surface area contributed by atoms with Crippen LogP contribution in [0.5, 0.6) is 0 Å². The molecule has 1 aliphatic carbocycles. The van der Waals surface area contributed by atoms with Gasteiger partial charge in [0.25, 0.3) is 11.8 Å². The van der Waals surface area contributed by atoms with Crippen LogP contribution >= 0.6 is 0 Å². The first-order valence-corrected chi connectivity index (χ1v) is 10.1. The van der Waals surface area contributed by atoms with Crippen LogP contribution in [0.2, 0.25) is 0 Å². The van der Waals surface area contributed by atoms with E-state index in [1.54, 1.807) is 30.3 Å². The van der Waals surface area contributed by atoms with Crippen molar-refractivity contribution in [3.05, 3.63) is 101 Å². The highest BCUT2D eigenvalue weighted by Crippen LogP contribution is 2.29. The molecular weight excluding hydrogens is 376 g/mol. The van der Waals surface area contributed by atoms with Crippen LogP contribution in [0.3, 0.4) is 0 Å². The fraction of sp³-hybridized carbons (Fsp3) is 0.200. The van der Waals surface area contributed by atoms with Gasteiger partial charge in [-0.3, -0.25) is 9.59 Å². The molecule has 1 aliphatic rings. The lowest BCUT2D eigenvalue weighted by atomic mass is 9.87. The van der Waals surface area contributed by atoms with E-state index in [0.717, 1.165) is 30.4 Å². The summed E-state index contributed by atoms with van der Waals surface area (Å²) in [5, 5.41) is 5.85. The normalized spacial score (nSPS) is 15.9. The number of furan rings is 1. The maximum absolute atomic E-state index is 13.1. The molecule has 0 saturated carbocycles. The summed E-state index contributed by atoms with van der Waals surface area (Å²) in [7, 11) is 0. The first-order valence-electron chi connectivity index (χ1n) is 10.1. The van der Waals surface area contributed by atoms with Gasteiger partial charge in [-0.1, -0.05) is 42.0 Å². The zero-order valence-corrected chi connectivity index (χ0v) is 16.9. The summed E-state index contributed by atoms with van der Waals surface area (Å²) in [5.74, 6) is -0.182. The molecule has 1 aromatic heterocycles. The van der Waals surface area contributed by atoms with Crippen molar-refractivity contribution < 1.29 is 14.0 Å². The van der Waals surface area contributed by atoms with E-state index in [1.165, 1.54) is 11.8 Å². The van der Waals surface area contributed by atoms with Crippen molar-refractivity contribution in [1.82, 2.24) is 10.6 Å². The quantitative estimate of drug-likeness (QED) is 0.617. The van der Waals surface area contributed by atoms with Crippen molar-refractivity contribution in [2.75, 3.05) is 0 Å². The Balaban J connectivity index is 1.57. The Morgan fingerprint density at radius 2 is 1.93 bits per heavy atom. The van der Waals surface area contributed by atoms with E-state index in [1.807, 2.05) is 31.2 Å². The lowest BCUT2D eigenvalue weighted by Crippen LogP contribution is -2.37. The lowest BCUT2D eigenvalue weighted by Gasteiger charge is -2.26. The number of hydrogen-bond acceptors (Lipinski definition) is 3. The molecule has 2 aromatic carbocycles. The number of fused-ring (bicyclic) bond motifs is 1. The van der Waals surface area contributed by atoms with Crippen molar-refractivity contribution in [3.8, 4) is 0 Å². The summed E-state index contributed by atoms with van der Waals surface area (Å²) in [5.41, 5.74) is 4.02. The Kier molecular flexibility index (Phi) is 5.80. The third-order valence-electron chi connectivity index (χ3n) is 5.28. The van der Waals surface area contributed by atoms with Gasteiger partial charge in [0.1, 0.15) is 11.5 Å². The lowest BCUT2D eigenvalue weighted by molar-refractivity contribution is -0.118. The Morgan fingerprint density at radius 3 is 2.73 bits per heavy atom. The molecule has 2 amide bonds. The predicted molar refractivity (Wildman–Crippen MR) is 116 cm³/mol. The topological polar surface area (TPSA) is 71.3 Å². The second-order valence-electron chi connectivity index (χ2n) is 7.51. The smallest absolute Gasteiger partial charge is 0.268 e. The number of carbonyl (C=O) groups excluding carboxylic acids is 2. The highest BCUT2D eigenvalue weighted by molar-refractivity contribution is 6.05. The number of benzene rings is 2. The van der Waals surface area contributed by atoms with E-state index >= 15 is 0 Å². The molecule has 1 unspecified atom stereocenters. The van der Waals surface area contributed by atoms with E-state index in [-0.39, 0.29) is 23.6 Å². The minimum atomic E-state index is -0.339.